The van der Waals surface area contributed by atoms with Gasteiger partial charge in [-0.05, 0) is 38.1 Å². The number of carbonyl (C=O) groups is 3. The predicted octanol–water partition coefficient (Wildman–Crippen LogP) is 3.62. The minimum Gasteiger partial charge on any atom is -0.451 e. The summed E-state index contributed by atoms with van der Waals surface area (Å²) in [6, 6.07) is 2.66. The van der Waals surface area contributed by atoms with Crippen LogP contribution in [0.3, 0.4) is 0 Å². The van der Waals surface area contributed by atoms with E-state index in [9.17, 15) is 14.4 Å². The first-order valence-corrected chi connectivity index (χ1v) is 11.5. The van der Waals surface area contributed by atoms with Crippen molar-refractivity contribution in [1.82, 2.24) is 10.3 Å². The molecule has 0 aliphatic heterocycles. The lowest BCUT2D eigenvalue weighted by molar-refractivity contribution is -0.155. The van der Waals surface area contributed by atoms with Crippen molar-refractivity contribution >= 4 is 45.6 Å². The second-order valence-corrected chi connectivity index (χ2v) is 8.89. The highest BCUT2D eigenvalue weighted by Crippen LogP contribution is 2.29. The number of amides is 2. The van der Waals surface area contributed by atoms with Gasteiger partial charge in [0.05, 0.1) is 4.88 Å². The van der Waals surface area contributed by atoms with Crippen molar-refractivity contribution in [2.45, 2.75) is 64.1 Å². The van der Waals surface area contributed by atoms with Crippen LogP contribution in [0.4, 0.5) is 5.13 Å². The predicted molar refractivity (Wildman–Crippen MR) is 113 cm³/mol. The lowest BCUT2D eigenvalue weighted by atomic mass is 9.94. The van der Waals surface area contributed by atoms with E-state index in [0.29, 0.717) is 10.0 Å². The van der Waals surface area contributed by atoms with Gasteiger partial charge >= 0.3 is 5.97 Å². The molecule has 2 aromatic rings. The van der Waals surface area contributed by atoms with Crippen LogP contribution in [-0.2, 0) is 14.3 Å². The number of thiazole rings is 1. The van der Waals surface area contributed by atoms with Gasteiger partial charge in [-0.25, -0.2) is 9.78 Å². The van der Waals surface area contributed by atoms with Crippen molar-refractivity contribution in [1.29, 1.82) is 0 Å². The number of nitrogens with zero attached hydrogens (tertiary/aromatic N) is 2. The molecule has 1 aliphatic carbocycles. The number of carbonyl (C=O) groups excluding carboxylic acids is 3. The van der Waals surface area contributed by atoms with Crippen LogP contribution < -0.4 is 10.2 Å². The van der Waals surface area contributed by atoms with Crippen LogP contribution in [0.5, 0.6) is 0 Å². The number of nitrogens with one attached hydrogen (secondary N) is 1. The molecule has 2 heterocycles. The molecule has 29 heavy (non-hydrogen) atoms. The Morgan fingerprint density at radius 1 is 1.17 bits per heavy atom. The SMILES string of the molecule is CC(NC(=O)c1cccs1)C(=O)OC(C)C(=O)N(c1nccs1)C1CCCCC1. The van der Waals surface area contributed by atoms with Crippen LogP contribution in [0.1, 0.15) is 55.6 Å². The summed E-state index contributed by atoms with van der Waals surface area (Å²) in [6.07, 6.45) is 5.84. The monoisotopic (exact) mass is 435 g/mol. The van der Waals surface area contributed by atoms with Gasteiger partial charge in [0.15, 0.2) is 11.2 Å². The van der Waals surface area contributed by atoms with E-state index < -0.39 is 18.1 Å². The van der Waals surface area contributed by atoms with Gasteiger partial charge in [-0.1, -0.05) is 25.3 Å². The van der Waals surface area contributed by atoms with E-state index in [1.165, 1.54) is 29.1 Å². The first kappa shape index (κ1) is 21.4. The molecular formula is C20H25N3O4S2. The summed E-state index contributed by atoms with van der Waals surface area (Å²) >= 11 is 2.69. The number of esters is 1. The molecule has 0 aromatic carbocycles. The van der Waals surface area contributed by atoms with E-state index in [1.807, 2.05) is 5.38 Å². The molecule has 2 atom stereocenters. The van der Waals surface area contributed by atoms with E-state index in [-0.39, 0.29) is 17.9 Å². The van der Waals surface area contributed by atoms with Gasteiger partial charge in [0, 0.05) is 17.6 Å². The molecular weight excluding hydrogens is 410 g/mol. The summed E-state index contributed by atoms with van der Waals surface area (Å²) in [5.41, 5.74) is 0. The molecule has 1 N–H and O–H groups in total. The third-order valence-corrected chi connectivity index (χ3v) is 6.53. The molecule has 2 aromatic heterocycles. The number of hydrogen-bond donors (Lipinski definition) is 1. The fraction of sp³-hybridized carbons (Fsp3) is 0.500. The summed E-state index contributed by atoms with van der Waals surface area (Å²) < 4.78 is 5.40. The number of anilines is 1. The normalized spacial score (nSPS) is 16.6. The van der Waals surface area contributed by atoms with Crippen LogP contribution >= 0.6 is 22.7 Å². The lowest BCUT2D eigenvalue weighted by Crippen LogP contribution is -2.48. The van der Waals surface area contributed by atoms with Crippen molar-refractivity contribution in [3.05, 3.63) is 34.0 Å². The molecule has 156 valence electrons. The number of aromatic nitrogens is 1. The molecule has 3 rings (SSSR count). The largest absolute Gasteiger partial charge is 0.451 e. The summed E-state index contributed by atoms with van der Waals surface area (Å²) in [7, 11) is 0. The van der Waals surface area contributed by atoms with Gasteiger partial charge in [-0.3, -0.25) is 14.5 Å². The van der Waals surface area contributed by atoms with Crippen LogP contribution in [0, 0.1) is 0 Å². The lowest BCUT2D eigenvalue weighted by Gasteiger charge is -2.34. The summed E-state index contributed by atoms with van der Waals surface area (Å²) in [5, 5.41) is 6.86. The Morgan fingerprint density at radius 3 is 2.55 bits per heavy atom. The number of thiophene rings is 1. The Hall–Kier alpha value is -2.26. The van der Waals surface area contributed by atoms with Gasteiger partial charge in [0.1, 0.15) is 6.04 Å². The third kappa shape index (κ3) is 5.42. The van der Waals surface area contributed by atoms with E-state index >= 15 is 0 Å². The van der Waals surface area contributed by atoms with Gasteiger partial charge in [-0.2, -0.15) is 0 Å². The van der Waals surface area contributed by atoms with Crippen LogP contribution in [0.15, 0.2) is 29.1 Å². The first-order valence-electron chi connectivity index (χ1n) is 9.74. The highest BCUT2D eigenvalue weighted by Gasteiger charge is 2.33. The average molecular weight is 436 g/mol. The Balaban J connectivity index is 1.62. The fourth-order valence-corrected chi connectivity index (χ4v) is 4.71. The minimum absolute atomic E-state index is 0.0690. The third-order valence-electron chi connectivity index (χ3n) is 4.89. The molecule has 2 unspecified atom stereocenters. The molecule has 0 spiro atoms. The second kappa shape index (κ2) is 9.98. The maximum absolute atomic E-state index is 13.1. The maximum atomic E-state index is 13.1. The zero-order chi connectivity index (χ0) is 20.8. The number of hydrogen-bond acceptors (Lipinski definition) is 7. The molecule has 1 aliphatic rings. The van der Waals surface area contributed by atoms with E-state index in [4.69, 9.17) is 4.74 Å². The summed E-state index contributed by atoms with van der Waals surface area (Å²) in [4.78, 5) is 44.2. The Kier molecular flexibility index (Phi) is 7.38. The zero-order valence-corrected chi connectivity index (χ0v) is 18.1. The highest BCUT2D eigenvalue weighted by molar-refractivity contribution is 7.13. The quantitative estimate of drug-likeness (QED) is 0.671. The van der Waals surface area contributed by atoms with E-state index in [0.717, 1.165) is 25.7 Å². The molecule has 2 amide bonds. The second-order valence-electron chi connectivity index (χ2n) is 7.07. The molecule has 0 radical (unpaired) electrons. The molecule has 0 saturated heterocycles. The first-order chi connectivity index (χ1) is 14.0. The Bertz CT molecular complexity index is 817. The zero-order valence-electron chi connectivity index (χ0n) is 16.5. The van der Waals surface area contributed by atoms with Crippen molar-refractivity contribution in [3.63, 3.8) is 0 Å². The smallest absolute Gasteiger partial charge is 0.329 e. The van der Waals surface area contributed by atoms with Crippen molar-refractivity contribution in [2.24, 2.45) is 0 Å². The van der Waals surface area contributed by atoms with Crippen molar-refractivity contribution < 1.29 is 19.1 Å². The fourth-order valence-electron chi connectivity index (χ4n) is 3.36. The van der Waals surface area contributed by atoms with E-state index in [2.05, 4.69) is 10.3 Å². The summed E-state index contributed by atoms with van der Waals surface area (Å²) in [5.74, 6) is -1.26. The van der Waals surface area contributed by atoms with Crippen LogP contribution in [-0.4, -0.2) is 41.0 Å². The topological polar surface area (TPSA) is 88.6 Å². The highest BCUT2D eigenvalue weighted by atomic mass is 32.1. The standard InChI is InChI=1S/C20H25N3O4S2/c1-13(22-17(24)16-9-6-11-28-16)19(26)27-14(2)18(25)23(20-21-10-12-29-20)15-7-4-3-5-8-15/h6,9-15H,3-5,7-8H2,1-2H3,(H,22,24). The molecule has 1 fully saturated rings. The van der Waals surface area contributed by atoms with E-state index in [1.54, 1.807) is 42.5 Å². The number of ether oxygens (including phenoxy) is 1. The average Bonchev–Trinajstić information content (AvgIpc) is 3.43. The molecule has 1 saturated carbocycles. The van der Waals surface area contributed by atoms with Crippen LogP contribution in [0.25, 0.3) is 0 Å². The maximum Gasteiger partial charge on any atom is 0.329 e. The molecule has 0 bridgehead atoms. The van der Waals surface area contributed by atoms with Crippen molar-refractivity contribution in [3.8, 4) is 0 Å². The molecule has 9 heteroatoms. The molecule has 7 nitrogen and oxygen atoms in total. The van der Waals surface area contributed by atoms with Gasteiger partial charge in [-0.15, -0.1) is 22.7 Å². The van der Waals surface area contributed by atoms with Gasteiger partial charge in [0.2, 0.25) is 0 Å². The Labute approximate surface area is 178 Å². The van der Waals surface area contributed by atoms with Crippen molar-refractivity contribution in [2.75, 3.05) is 4.90 Å². The van der Waals surface area contributed by atoms with Crippen LogP contribution in [0.2, 0.25) is 0 Å². The van der Waals surface area contributed by atoms with Gasteiger partial charge < -0.3 is 10.1 Å². The Morgan fingerprint density at radius 2 is 1.93 bits per heavy atom. The van der Waals surface area contributed by atoms with Gasteiger partial charge in [0.25, 0.3) is 11.8 Å². The minimum atomic E-state index is -0.964. The number of rotatable bonds is 7. The summed E-state index contributed by atoms with van der Waals surface area (Å²) in [6.45, 7) is 3.11.